The molecule has 1 nitrogen and oxygen atoms in total. The van der Waals surface area contributed by atoms with Gasteiger partial charge in [-0.15, -0.1) is 6.58 Å². The Bertz CT molecular complexity index is 326. The van der Waals surface area contributed by atoms with E-state index in [2.05, 4.69) is 50.0 Å². The van der Waals surface area contributed by atoms with E-state index in [4.69, 9.17) is 0 Å². The maximum absolute atomic E-state index is 3.79. The zero-order valence-electron chi connectivity index (χ0n) is 11.9. The van der Waals surface area contributed by atoms with Crippen LogP contribution < -0.4 is 5.32 Å². The third kappa shape index (κ3) is 6.02. The van der Waals surface area contributed by atoms with Crippen LogP contribution in [0.4, 0.5) is 0 Å². The van der Waals surface area contributed by atoms with E-state index in [-0.39, 0.29) is 0 Å². The van der Waals surface area contributed by atoms with Crippen molar-refractivity contribution >= 4 is 0 Å². The molecule has 1 atom stereocenters. The second kappa shape index (κ2) is 8.93. The van der Waals surface area contributed by atoms with Crippen molar-refractivity contribution < 1.29 is 0 Å². The van der Waals surface area contributed by atoms with Gasteiger partial charge >= 0.3 is 0 Å². The van der Waals surface area contributed by atoms with Crippen molar-refractivity contribution in [1.82, 2.24) is 5.32 Å². The van der Waals surface area contributed by atoms with Gasteiger partial charge in [-0.1, -0.05) is 42.8 Å². The SMILES string of the molecule is C=CCCCC(Cc1ccc(C)cc1)NCCC. The predicted octanol–water partition coefficient (Wildman–Crippen LogP) is 4.26. The fourth-order valence-corrected chi connectivity index (χ4v) is 2.14. The molecule has 1 unspecified atom stereocenters. The number of benzene rings is 1. The van der Waals surface area contributed by atoms with Gasteiger partial charge < -0.3 is 5.32 Å². The van der Waals surface area contributed by atoms with Gasteiger partial charge in [-0.3, -0.25) is 0 Å². The third-order valence-electron chi connectivity index (χ3n) is 3.25. The summed E-state index contributed by atoms with van der Waals surface area (Å²) in [5.41, 5.74) is 2.77. The van der Waals surface area contributed by atoms with Crippen molar-refractivity contribution in [1.29, 1.82) is 0 Å². The molecule has 0 spiro atoms. The van der Waals surface area contributed by atoms with Crippen LogP contribution in [0.5, 0.6) is 0 Å². The molecule has 0 aliphatic carbocycles. The number of aryl methyl sites for hydroxylation is 1. The highest BCUT2D eigenvalue weighted by molar-refractivity contribution is 5.22. The van der Waals surface area contributed by atoms with Crippen LogP contribution in [0.15, 0.2) is 36.9 Å². The van der Waals surface area contributed by atoms with Crippen LogP contribution in [-0.2, 0) is 6.42 Å². The summed E-state index contributed by atoms with van der Waals surface area (Å²) in [6.07, 6.45) is 7.95. The van der Waals surface area contributed by atoms with Crippen LogP contribution >= 0.6 is 0 Å². The molecule has 0 saturated carbocycles. The maximum Gasteiger partial charge on any atom is 0.0108 e. The molecule has 0 aromatic heterocycles. The third-order valence-corrected chi connectivity index (χ3v) is 3.25. The number of nitrogens with one attached hydrogen (secondary N) is 1. The Balaban J connectivity index is 2.47. The van der Waals surface area contributed by atoms with E-state index in [0.717, 1.165) is 19.4 Å². The fraction of sp³-hybridized carbons (Fsp3) is 0.529. The Morgan fingerprint density at radius 1 is 1.28 bits per heavy atom. The van der Waals surface area contributed by atoms with Crippen molar-refractivity contribution in [2.24, 2.45) is 0 Å². The van der Waals surface area contributed by atoms with Crippen molar-refractivity contribution in [2.45, 2.75) is 52.0 Å². The zero-order chi connectivity index (χ0) is 13.2. The number of allylic oxidation sites excluding steroid dienone is 1. The largest absolute Gasteiger partial charge is 0.314 e. The minimum absolute atomic E-state index is 0.604. The highest BCUT2D eigenvalue weighted by atomic mass is 14.9. The van der Waals surface area contributed by atoms with E-state index in [1.165, 1.54) is 30.4 Å². The molecule has 0 aliphatic heterocycles. The summed E-state index contributed by atoms with van der Waals surface area (Å²) < 4.78 is 0. The maximum atomic E-state index is 3.79. The Morgan fingerprint density at radius 2 is 2.00 bits per heavy atom. The van der Waals surface area contributed by atoms with Gasteiger partial charge in [0.25, 0.3) is 0 Å². The summed E-state index contributed by atoms with van der Waals surface area (Å²) >= 11 is 0. The first-order valence-electron chi connectivity index (χ1n) is 7.16. The quantitative estimate of drug-likeness (QED) is 0.506. The molecule has 0 amide bonds. The molecule has 0 saturated heterocycles. The van der Waals surface area contributed by atoms with E-state index in [1.54, 1.807) is 0 Å². The van der Waals surface area contributed by atoms with Crippen molar-refractivity contribution in [3.05, 3.63) is 48.0 Å². The van der Waals surface area contributed by atoms with Gasteiger partial charge in [0, 0.05) is 6.04 Å². The van der Waals surface area contributed by atoms with Crippen LogP contribution in [0.1, 0.15) is 43.7 Å². The highest BCUT2D eigenvalue weighted by Crippen LogP contribution is 2.10. The van der Waals surface area contributed by atoms with Crippen LogP contribution in [0.3, 0.4) is 0 Å². The van der Waals surface area contributed by atoms with Gasteiger partial charge in [-0.2, -0.15) is 0 Å². The molecule has 0 radical (unpaired) electrons. The molecular formula is C17H27N. The molecule has 1 N–H and O–H groups in total. The molecule has 0 bridgehead atoms. The number of hydrogen-bond donors (Lipinski definition) is 1. The second-order valence-corrected chi connectivity index (χ2v) is 5.06. The molecular weight excluding hydrogens is 218 g/mol. The lowest BCUT2D eigenvalue weighted by Gasteiger charge is -2.18. The molecule has 0 heterocycles. The van der Waals surface area contributed by atoms with Gasteiger partial charge in [0.15, 0.2) is 0 Å². The lowest BCUT2D eigenvalue weighted by atomic mass is 10.00. The molecule has 1 aromatic rings. The minimum Gasteiger partial charge on any atom is -0.314 e. The van der Waals surface area contributed by atoms with Crippen LogP contribution in [-0.4, -0.2) is 12.6 Å². The van der Waals surface area contributed by atoms with Gasteiger partial charge in [0.05, 0.1) is 0 Å². The zero-order valence-corrected chi connectivity index (χ0v) is 11.9. The summed E-state index contributed by atoms with van der Waals surface area (Å²) in [6, 6.07) is 9.52. The molecule has 100 valence electrons. The Hall–Kier alpha value is -1.08. The number of rotatable bonds is 9. The first-order chi connectivity index (χ1) is 8.76. The summed E-state index contributed by atoms with van der Waals surface area (Å²) in [7, 11) is 0. The summed E-state index contributed by atoms with van der Waals surface area (Å²) in [5, 5.41) is 3.66. The van der Waals surface area contributed by atoms with Crippen molar-refractivity contribution in [3.63, 3.8) is 0 Å². The van der Waals surface area contributed by atoms with Crippen LogP contribution in [0.2, 0.25) is 0 Å². The lowest BCUT2D eigenvalue weighted by Crippen LogP contribution is -2.31. The summed E-state index contributed by atoms with van der Waals surface area (Å²) in [6.45, 7) is 9.27. The topological polar surface area (TPSA) is 12.0 Å². The average Bonchev–Trinajstić information content (AvgIpc) is 2.38. The van der Waals surface area contributed by atoms with E-state index in [1.807, 2.05) is 6.08 Å². The molecule has 18 heavy (non-hydrogen) atoms. The Labute approximate surface area is 112 Å². The van der Waals surface area contributed by atoms with E-state index >= 15 is 0 Å². The van der Waals surface area contributed by atoms with E-state index in [9.17, 15) is 0 Å². The molecule has 0 fully saturated rings. The number of unbranched alkanes of at least 4 members (excludes halogenated alkanes) is 1. The highest BCUT2D eigenvalue weighted by Gasteiger charge is 2.08. The predicted molar refractivity (Wildman–Crippen MR) is 81.0 cm³/mol. The summed E-state index contributed by atoms with van der Waals surface area (Å²) in [5.74, 6) is 0. The first-order valence-corrected chi connectivity index (χ1v) is 7.16. The van der Waals surface area contributed by atoms with Crippen LogP contribution in [0.25, 0.3) is 0 Å². The lowest BCUT2D eigenvalue weighted by molar-refractivity contribution is 0.466. The molecule has 1 aromatic carbocycles. The second-order valence-electron chi connectivity index (χ2n) is 5.06. The Kier molecular flexibility index (Phi) is 7.43. The van der Waals surface area contributed by atoms with Gasteiger partial charge in [0.1, 0.15) is 0 Å². The monoisotopic (exact) mass is 245 g/mol. The summed E-state index contributed by atoms with van der Waals surface area (Å²) in [4.78, 5) is 0. The van der Waals surface area contributed by atoms with Gasteiger partial charge in [-0.05, 0) is 51.1 Å². The van der Waals surface area contributed by atoms with E-state index in [0.29, 0.717) is 6.04 Å². The standard InChI is InChI=1S/C17H27N/c1-4-6-7-8-17(18-13-5-2)14-16-11-9-15(3)10-12-16/h4,9-12,17-18H,1,5-8,13-14H2,2-3H3. The van der Waals surface area contributed by atoms with Crippen LogP contribution in [0, 0.1) is 6.92 Å². The number of hydrogen-bond acceptors (Lipinski definition) is 1. The minimum atomic E-state index is 0.604. The van der Waals surface area contributed by atoms with Gasteiger partial charge in [0.2, 0.25) is 0 Å². The Morgan fingerprint density at radius 3 is 2.61 bits per heavy atom. The van der Waals surface area contributed by atoms with Crippen molar-refractivity contribution in [2.75, 3.05) is 6.54 Å². The van der Waals surface area contributed by atoms with Gasteiger partial charge in [-0.25, -0.2) is 0 Å². The molecule has 1 rings (SSSR count). The fourth-order valence-electron chi connectivity index (χ4n) is 2.14. The normalized spacial score (nSPS) is 12.3. The molecule has 0 aliphatic rings. The first kappa shape index (κ1) is 15.0. The van der Waals surface area contributed by atoms with E-state index < -0.39 is 0 Å². The molecule has 1 heteroatoms. The van der Waals surface area contributed by atoms with Crippen molar-refractivity contribution in [3.8, 4) is 0 Å². The smallest absolute Gasteiger partial charge is 0.0108 e. The average molecular weight is 245 g/mol.